The molecule has 0 bridgehead atoms. The van der Waals surface area contributed by atoms with Crippen LogP contribution in [0.5, 0.6) is 0 Å². The van der Waals surface area contributed by atoms with Gasteiger partial charge in [0.1, 0.15) is 0 Å². The highest BCUT2D eigenvalue weighted by atomic mass is 35.5. The lowest BCUT2D eigenvalue weighted by atomic mass is 10.1. The predicted molar refractivity (Wildman–Crippen MR) is 105 cm³/mol. The summed E-state index contributed by atoms with van der Waals surface area (Å²) in [4.78, 5) is 5.73. The summed E-state index contributed by atoms with van der Waals surface area (Å²) in [6.45, 7) is 0. The lowest BCUT2D eigenvalue weighted by Crippen LogP contribution is -1.97. The van der Waals surface area contributed by atoms with Crippen LogP contribution in [0.3, 0.4) is 0 Å². The van der Waals surface area contributed by atoms with Gasteiger partial charge in [-0.05, 0) is 34.9 Å². The first-order valence-electron chi connectivity index (χ1n) is 8.04. The van der Waals surface area contributed by atoms with Crippen molar-refractivity contribution < 1.29 is 4.84 Å². The van der Waals surface area contributed by atoms with Crippen LogP contribution in [-0.4, -0.2) is 6.21 Å². The van der Waals surface area contributed by atoms with Crippen molar-refractivity contribution in [2.24, 2.45) is 5.16 Å². The molecule has 124 valence electrons. The summed E-state index contributed by atoms with van der Waals surface area (Å²) in [5.74, 6) is 0. The average Bonchev–Trinajstić information content (AvgIpc) is 2.66. The summed E-state index contributed by atoms with van der Waals surface area (Å²) in [6, 6.07) is 27.6. The Labute approximate surface area is 153 Å². The second-order valence-electron chi connectivity index (χ2n) is 5.50. The Kier molecular flexibility index (Phi) is 6.02. The Morgan fingerprint density at radius 1 is 0.800 bits per heavy atom. The van der Waals surface area contributed by atoms with Crippen molar-refractivity contribution in [3.8, 4) is 0 Å². The second kappa shape index (κ2) is 8.86. The number of oxime groups is 1. The van der Waals surface area contributed by atoms with Gasteiger partial charge in [0.15, 0.2) is 6.10 Å². The molecule has 0 aliphatic heterocycles. The minimum atomic E-state index is -0.267. The smallest absolute Gasteiger partial charge is 0.171 e. The Morgan fingerprint density at radius 2 is 1.48 bits per heavy atom. The van der Waals surface area contributed by atoms with Crippen LogP contribution in [0.15, 0.2) is 96.2 Å². The predicted octanol–water partition coefficient (Wildman–Crippen LogP) is 6.15. The molecule has 0 amide bonds. The molecule has 0 aromatic heterocycles. The number of hydrogen-bond donors (Lipinski definition) is 0. The summed E-state index contributed by atoms with van der Waals surface area (Å²) in [5.41, 5.74) is 3.05. The minimum absolute atomic E-state index is 0.267. The molecular weight excluding hydrogens is 330 g/mol. The fraction of sp³-hybridized carbons (Fsp3) is 0.0455. The fourth-order valence-corrected chi connectivity index (χ4v) is 2.55. The lowest BCUT2D eigenvalue weighted by molar-refractivity contribution is 0.0948. The van der Waals surface area contributed by atoms with Crippen molar-refractivity contribution in [2.45, 2.75) is 6.10 Å². The van der Waals surface area contributed by atoms with Gasteiger partial charge >= 0.3 is 0 Å². The highest BCUT2D eigenvalue weighted by Crippen LogP contribution is 2.20. The molecule has 0 saturated heterocycles. The standard InChI is InChI=1S/C22H18ClNO/c23-21-13-7-10-19(16-21)17-24-25-22(20-11-5-2-6-12-20)15-14-18-8-3-1-4-9-18/h1-17,22H/b15-14+,24-17+. The lowest BCUT2D eigenvalue weighted by Gasteiger charge is -2.11. The Hall–Kier alpha value is -2.84. The van der Waals surface area contributed by atoms with Gasteiger partial charge < -0.3 is 4.84 Å². The fourth-order valence-electron chi connectivity index (χ4n) is 2.36. The van der Waals surface area contributed by atoms with Crippen LogP contribution in [0.1, 0.15) is 22.8 Å². The van der Waals surface area contributed by atoms with Crippen LogP contribution in [-0.2, 0) is 4.84 Å². The molecule has 3 heteroatoms. The molecule has 0 aliphatic carbocycles. The molecule has 1 atom stereocenters. The normalized spacial score (nSPS) is 12.5. The van der Waals surface area contributed by atoms with Crippen LogP contribution in [0, 0.1) is 0 Å². The van der Waals surface area contributed by atoms with Crippen molar-refractivity contribution >= 4 is 23.9 Å². The molecule has 0 radical (unpaired) electrons. The van der Waals surface area contributed by atoms with Gasteiger partial charge in [0, 0.05) is 5.02 Å². The zero-order chi connectivity index (χ0) is 17.3. The minimum Gasteiger partial charge on any atom is -0.383 e. The van der Waals surface area contributed by atoms with E-state index in [1.807, 2.05) is 97.1 Å². The van der Waals surface area contributed by atoms with E-state index in [1.54, 1.807) is 6.21 Å². The second-order valence-corrected chi connectivity index (χ2v) is 5.93. The molecule has 0 aliphatic rings. The molecule has 0 N–H and O–H groups in total. The van der Waals surface area contributed by atoms with E-state index >= 15 is 0 Å². The first-order chi connectivity index (χ1) is 12.3. The summed E-state index contributed by atoms with van der Waals surface area (Å²) in [7, 11) is 0. The van der Waals surface area contributed by atoms with Crippen molar-refractivity contribution in [3.63, 3.8) is 0 Å². The van der Waals surface area contributed by atoms with Crippen LogP contribution in [0.4, 0.5) is 0 Å². The highest BCUT2D eigenvalue weighted by Gasteiger charge is 2.08. The van der Waals surface area contributed by atoms with Crippen molar-refractivity contribution in [2.75, 3.05) is 0 Å². The van der Waals surface area contributed by atoms with Crippen LogP contribution in [0.25, 0.3) is 6.08 Å². The van der Waals surface area contributed by atoms with E-state index in [4.69, 9.17) is 16.4 Å². The molecule has 0 saturated carbocycles. The van der Waals surface area contributed by atoms with Gasteiger partial charge in [-0.1, -0.05) is 95.6 Å². The van der Waals surface area contributed by atoms with Gasteiger partial charge in [0.25, 0.3) is 0 Å². The molecule has 0 heterocycles. The molecule has 3 rings (SSSR count). The van der Waals surface area contributed by atoms with E-state index < -0.39 is 0 Å². The Bertz CT molecular complexity index is 844. The third-order valence-corrected chi connectivity index (χ3v) is 3.85. The average molecular weight is 348 g/mol. The number of hydrogen-bond acceptors (Lipinski definition) is 2. The zero-order valence-electron chi connectivity index (χ0n) is 13.6. The first kappa shape index (κ1) is 17.0. The maximum Gasteiger partial charge on any atom is 0.171 e. The first-order valence-corrected chi connectivity index (χ1v) is 8.42. The number of nitrogens with zero attached hydrogens (tertiary/aromatic N) is 1. The Morgan fingerprint density at radius 3 is 2.20 bits per heavy atom. The van der Waals surface area contributed by atoms with E-state index in [9.17, 15) is 0 Å². The van der Waals surface area contributed by atoms with E-state index in [0.717, 1.165) is 16.7 Å². The van der Waals surface area contributed by atoms with Crippen molar-refractivity contribution in [3.05, 3.63) is 113 Å². The van der Waals surface area contributed by atoms with Crippen LogP contribution < -0.4 is 0 Å². The third-order valence-electron chi connectivity index (χ3n) is 3.62. The van der Waals surface area contributed by atoms with Gasteiger partial charge in [-0.25, -0.2) is 0 Å². The highest BCUT2D eigenvalue weighted by molar-refractivity contribution is 6.30. The van der Waals surface area contributed by atoms with Gasteiger partial charge in [-0.2, -0.15) is 0 Å². The SMILES string of the molecule is Clc1cccc(/C=N/OC(/C=C/c2ccccc2)c2ccccc2)c1. The van der Waals surface area contributed by atoms with E-state index in [-0.39, 0.29) is 6.10 Å². The topological polar surface area (TPSA) is 21.6 Å². The maximum absolute atomic E-state index is 5.99. The van der Waals surface area contributed by atoms with E-state index in [1.165, 1.54) is 0 Å². The van der Waals surface area contributed by atoms with Crippen molar-refractivity contribution in [1.82, 2.24) is 0 Å². The van der Waals surface area contributed by atoms with E-state index in [2.05, 4.69) is 5.16 Å². The Balaban J connectivity index is 1.76. The summed E-state index contributed by atoms with van der Waals surface area (Å²) < 4.78 is 0. The number of rotatable bonds is 6. The quantitative estimate of drug-likeness (QED) is 0.387. The van der Waals surface area contributed by atoms with Crippen LogP contribution in [0.2, 0.25) is 5.02 Å². The molecule has 0 fully saturated rings. The van der Waals surface area contributed by atoms with Crippen LogP contribution >= 0.6 is 11.6 Å². The van der Waals surface area contributed by atoms with Gasteiger partial charge in [0.2, 0.25) is 0 Å². The summed E-state index contributed by atoms with van der Waals surface area (Å²) in [5, 5.41) is 4.81. The molecule has 25 heavy (non-hydrogen) atoms. The third kappa shape index (κ3) is 5.33. The summed E-state index contributed by atoms with van der Waals surface area (Å²) >= 11 is 5.99. The summed E-state index contributed by atoms with van der Waals surface area (Å²) in [6.07, 6.45) is 5.43. The molecular formula is C22H18ClNO. The molecule has 0 spiro atoms. The largest absolute Gasteiger partial charge is 0.383 e. The molecule has 1 unspecified atom stereocenters. The zero-order valence-corrected chi connectivity index (χ0v) is 14.4. The number of benzene rings is 3. The van der Waals surface area contributed by atoms with E-state index in [0.29, 0.717) is 5.02 Å². The monoisotopic (exact) mass is 347 g/mol. The molecule has 3 aromatic rings. The van der Waals surface area contributed by atoms with Crippen molar-refractivity contribution in [1.29, 1.82) is 0 Å². The van der Waals surface area contributed by atoms with Gasteiger partial charge in [0.05, 0.1) is 6.21 Å². The molecule has 2 nitrogen and oxygen atoms in total. The molecule has 3 aromatic carbocycles. The van der Waals surface area contributed by atoms with Gasteiger partial charge in [-0.15, -0.1) is 0 Å². The number of halogens is 1. The van der Waals surface area contributed by atoms with Gasteiger partial charge in [-0.3, -0.25) is 0 Å². The maximum atomic E-state index is 5.99.